The van der Waals surface area contributed by atoms with Crippen molar-refractivity contribution >= 4 is 28.9 Å². The van der Waals surface area contributed by atoms with Crippen molar-refractivity contribution in [2.24, 2.45) is 0 Å². The second-order valence-electron chi connectivity index (χ2n) is 5.91. The molecule has 1 N–H and O–H groups in total. The molecule has 1 aromatic heterocycles. The zero-order valence-corrected chi connectivity index (χ0v) is 16.7. The van der Waals surface area contributed by atoms with Crippen molar-refractivity contribution in [2.75, 3.05) is 6.61 Å². The van der Waals surface area contributed by atoms with Crippen molar-refractivity contribution in [3.05, 3.63) is 90.5 Å². The van der Waals surface area contributed by atoms with Crippen LogP contribution in [0.2, 0.25) is 10.0 Å². The van der Waals surface area contributed by atoms with Gasteiger partial charge in [-0.25, -0.2) is 9.64 Å². The molecule has 0 aliphatic heterocycles. The molecule has 0 spiro atoms. The van der Waals surface area contributed by atoms with Crippen LogP contribution in [0.5, 0.6) is 17.2 Å². The van der Waals surface area contributed by atoms with E-state index < -0.39 is 11.2 Å². The van der Waals surface area contributed by atoms with Gasteiger partial charge in [-0.05, 0) is 30.3 Å². The Hall–Kier alpha value is -3.72. The Morgan fingerprint density at radius 1 is 1.17 bits per heavy atom. The van der Waals surface area contributed by atoms with Crippen molar-refractivity contribution in [3.63, 3.8) is 0 Å². The van der Waals surface area contributed by atoms with Crippen molar-refractivity contribution in [1.82, 2.24) is 9.55 Å². The minimum absolute atomic E-state index is 0.0269. The molecule has 0 radical (unpaired) electrons. The molecule has 0 aliphatic carbocycles. The molecule has 3 aromatic rings. The standard InChI is InChI=1S/C20H12Cl2N4O4/c1-24-14-2-3-17(30-15-7-12(10-23)6-13(21)8-15)18(9-14)29-5-4-26-11-16(22)19(27)25-20(26)28/h2-3,6-9,11H,4-5H2,(H,25,27,28). The number of nitriles is 1. The van der Waals surface area contributed by atoms with E-state index in [4.69, 9.17) is 44.5 Å². The second-order valence-corrected chi connectivity index (χ2v) is 6.75. The number of ether oxygens (including phenoxy) is 2. The van der Waals surface area contributed by atoms with E-state index in [9.17, 15) is 9.59 Å². The fraction of sp³-hybridized carbons (Fsp3) is 0.100. The summed E-state index contributed by atoms with van der Waals surface area (Å²) in [7, 11) is 0. The molecule has 0 bridgehead atoms. The predicted molar refractivity (Wildman–Crippen MR) is 111 cm³/mol. The normalized spacial score (nSPS) is 10.1. The Morgan fingerprint density at radius 3 is 2.70 bits per heavy atom. The summed E-state index contributed by atoms with van der Waals surface area (Å²) >= 11 is 11.7. The highest BCUT2D eigenvalue weighted by Crippen LogP contribution is 2.36. The summed E-state index contributed by atoms with van der Waals surface area (Å²) in [5, 5.41) is 9.29. The van der Waals surface area contributed by atoms with Gasteiger partial charge < -0.3 is 9.47 Å². The topological polar surface area (TPSA) is 101 Å². The van der Waals surface area contributed by atoms with Crippen LogP contribution in [0.25, 0.3) is 4.85 Å². The highest BCUT2D eigenvalue weighted by atomic mass is 35.5. The van der Waals surface area contributed by atoms with Gasteiger partial charge in [0.15, 0.2) is 17.2 Å². The lowest BCUT2D eigenvalue weighted by Crippen LogP contribution is -2.31. The molecule has 0 aliphatic rings. The number of aromatic nitrogens is 2. The average Bonchev–Trinajstić information content (AvgIpc) is 2.72. The molecule has 150 valence electrons. The van der Waals surface area contributed by atoms with Gasteiger partial charge >= 0.3 is 5.69 Å². The van der Waals surface area contributed by atoms with Gasteiger partial charge in [-0.3, -0.25) is 14.3 Å². The lowest BCUT2D eigenvalue weighted by molar-refractivity contribution is 0.283. The van der Waals surface area contributed by atoms with Gasteiger partial charge in [-0.1, -0.05) is 29.3 Å². The maximum Gasteiger partial charge on any atom is 0.328 e. The van der Waals surface area contributed by atoms with Gasteiger partial charge in [0.25, 0.3) is 5.56 Å². The number of nitrogens with one attached hydrogen (secondary N) is 1. The van der Waals surface area contributed by atoms with Gasteiger partial charge in [0, 0.05) is 11.2 Å². The number of H-pyrrole nitrogens is 1. The third-order valence-electron chi connectivity index (χ3n) is 3.84. The summed E-state index contributed by atoms with van der Waals surface area (Å²) in [5.74, 6) is 0.869. The number of hydrogen-bond donors (Lipinski definition) is 1. The highest BCUT2D eigenvalue weighted by molar-refractivity contribution is 6.30. The molecule has 0 saturated carbocycles. The maximum absolute atomic E-state index is 11.8. The Labute approximate surface area is 180 Å². The monoisotopic (exact) mass is 442 g/mol. The molecule has 3 rings (SSSR count). The molecular weight excluding hydrogens is 431 g/mol. The number of hydrogen-bond acceptors (Lipinski definition) is 5. The summed E-state index contributed by atoms with van der Waals surface area (Å²) in [5.41, 5.74) is -0.641. The van der Waals surface area contributed by atoms with Gasteiger partial charge in [0.1, 0.15) is 17.4 Å². The molecule has 8 nitrogen and oxygen atoms in total. The number of aromatic amines is 1. The fourth-order valence-corrected chi connectivity index (χ4v) is 2.87. The van der Waals surface area contributed by atoms with Crippen LogP contribution < -0.4 is 20.7 Å². The third-order valence-corrected chi connectivity index (χ3v) is 4.33. The Morgan fingerprint density at radius 2 is 1.97 bits per heavy atom. The van der Waals surface area contributed by atoms with Crippen molar-refractivity contribution < 1.29 is 9.47 Å². The first-order chi connectivity index (χ1) is 14.4. The summed E-state index contributed by atoms with van der Waals surface area (Å²) in [6, 6.07) is 11.1. The molecule has 0 fully saturated rings. The van der Waals surface area contributed by atoms with E-state index in [1.807, 2.05) is 6.07 Å². The number of benzene rings is 2. The molecule has 0 unspecified atom stereocenters. The van der Waals surface area contributed by atoms with Crippen LogP contribution in [0.1, 0.15) is 5.56 Å². The Kier molecular flexibility index (Phi) is 6.43. The summed E-state index contributed by atoms with van der Waals surface area (Å²) in [4.78, 5) is 28.6. The third kappa shape index (κ3) is 5.00. The van der Waals surface area contributed by atoms with Crippen LogP contribution in [0.4, 0.5) is 5.69 Å². The Balaban J connectivity index is 1.82. The molecule has 1 heterocycles. The number of nitrogens with zero attached hydrogens (tertiary/aromatic N) is 3. The maximum atomic E-state index is 11.8. The molecular formula is C20H12Cl2N4O4. The SMILES string of the molecule is [C-]#[N+]c1ccc(Oc2cc(Cl)cc(C#N)c2)c(OCCn2cc(Cl)c(=O)[nH]c2=O)c1. The molecule has 30 heavy (non-hydrogen) atoms. The van der Waals surface area contributed by atoms with E-state index >= 15 is 0 Å². The van der Waals surface area contributed by atoms with Crippen molar-refractivity contribution in [1.29, 1.82) is 5.26 Å². The quantitative estimate of drug-likeness (QED) is 0.578. The minimum atomic E-state index is -0.669. The van der Waals surface area contributed by atoms with Gasteiger partial charge in [-0.2, -0.15) is 5.26 Å². The smallest absolute Gasteiger partial charge is 0.328 e. The van der Waals surface area contributed by atoms with Gasteiger partial charge in [0.05, 0.1) is 24.7 Å². The van der Waals surface area contributed by atoms with Crippen molar-refractivity contribution in [2.45, 2.75) is 6.54 Å². The predicted octanol–water partition coefficient (Wildman–Crippen LogP) is 4.14. The van der Waals surface area contributed by atoms with E-state index in [0.29, 0.717) is 27.8 Å². The van der Waals surface area contributed by atoms with Crippen LogP contribution in [-0.2, 0) is 6.54 Å². The molecule has 0 atom stereocenters. The molecule has 0 saturated heterocycles. The minimum Gasteiger partial charge on any atom is -0.489 e. The van der Waals surface area contributed by atoms with Gasteiger partial charge in [0.2, 0.25) is 0 Å². The first-order valence-corrected chi connectivity index (χ1v) is 9.17. The van der Waals surface area contributed by atoms with E-state index in [1.54, 1.807) is 12.1 Å². The van der Waals surface area contributed by atoms with Crippen molar-refractivity contribution in [3.8, 4) is 23.3 Å². The first-order valence-electron chi connectivity index (χ1n) is 8.41. The second kappa shape index (κ2) is 9.19. The average molecular weight is 443 g/mol. The zero-order chi connectivity index (χ0) is 21.7. The van der Waals surface area contributed by atoms with E-state index in [1.165, 1.54) is 35.0 Å². The molecule has 10 heteroatoms. The van der Waals surface area contributed by atoms with E-state index in [-0.39, 0.29) is 23.9 Å². The molecule has 0 amide bonds. The van der Waals surface area contributed by atoms with Gasteiger partial charge in [-0.15, -0.1) is 0 Å². The number of halogens is 2. The fourth-order valence-electron chi connectivity index (χ4n) is 2.48. The Bertz CT molecular complexity index is 1300. The molecule has 2 aromatic carbocycles. The highest BCUT2D eigenvalue weighted by Gasteiger charge is 2.11. The van der Waals surface area contributed by atoms with Crippen LogP contribution in [0.3, 0.4) is 0 Å². The van der Waals surface area contributed by atoms with Crippen LogP contribution >= 0.6 is 23.2 Å². The number of rotatable bonds is 6. The summed E-state index contributed by atoms with van der Waals surface area (Å²) < 4.78 is 12.7. The summed E-state index contributed by atoms with van der Waals surface area (Å²) in [6.45, 7) is 7.29. The van der Waals surface area contributed by atoms with Crippen LogP contribution in [-0.4, -0.2) is 16.2 Å². The lowest BCUT2D eigenvalue weighted by atomic mass is 10.2. The van der Waals surface area contributed by atoms with E-state index in [2.05, 4.69) is 9.83 Å². The van der Waals surface area contributed by atoms with Crippen LogP contribution in [0, 0.1) is 17.9 Å². The first kappa shape index (κ1) is 21.0. The van der Waals surface area contributed by atoms with E-state index in [0.717, 1.165) is 0 Å². The summed E-state index contributed by atoms with van der Waals surface area (Å²) in [6.07, 6.45) is 1.22. The van der Waals surface area contributed by atoms with Crippen LogP contribution in [0.15, 0.2) is 52.2 Å². The zero-order valence-electron chi connectivity index (χ0n) is 15.2. The lowest BCUT2D eigenvalue weighted by Gasteiger charge is -2.14. The largest absolute Gasteiger partial charge is 0.489 e.